The molecule has 188 valence electrons. The van der Waals surface area contributed by atoms with E-state index in [4.69, 9.17) is 10.5 Å². The average Bonchev–Trinajstić information content (AvgIpc) is 2.89. The van der Waals surface area contributed by atoms with Gasteiger partial charge in [-0.3, -0.25) is 14.3 Å². The molecule has 1 saturated heterocycles. The van der Waals surface area contributed by atoms with Crippen LogP contribution in [0.3, 0.4) is 0 Å². The van der Waals surface area contributed by atoms with Gasteiger partial charge in [0.25, 0.3) is 15.9 Å². The van der Waals surface area contributed by atoms with Crippen LogP contribution in [0.15, 0.2) is 83.8 Å². The predicted octanol–water partition coefficient (Wildman–Crippen LogP) is 2.96. The number of hydrogen-bond donors (Lipinski definition) is 3. The summed E-state index contributed by atoms with van der Waals surface area (Å²) in [5.74, 6) is 0.288. The van der Waals surface area contributed by atoms with Gasteiger partial charge in [-0.25, -0.2) is 8.42 Å². The number of hydrogen-bond acceptors (Lipinski definition) is 6. The lowest BCUT2D eigenvalue weighted by atomic mass is 10.1. The Balaban J connectivity index is 1.38. The van der Waals surface area contributed by atoms with E-state index in [9.17, 15) is 18.0 Å². The number of amides is 2. The second-order valence-corrected chi connectivity index (χ2v) is 10.1. The van der Waals surface area contributed by atoms with E-state index in [0.717, 1.165) is 12.8 Å². The number of nitrogens with two attached hydrogens (primary N) is 1. The van der Waals surface area contributed by atoms with E-state index < -0.39 is 15.9 Å². The molecular formula is C26H28N4O5S. The van der Waals surface area contributed by atoms with E-state index in [1.54, 1.807) is 41.3 Å². The van der Waals surface area contributed by atoms with Crippen molar-refractivity contribution in [3.63, 3.8) is 0 Å². The van der Waals surface area contributed by atoms with Crippen LogP contribution in [0.1, 0.15) is 23.2 Å². The van der Waals surface area contributed by atoms with Gasteiger partial charge in [-0.15, -0.1) is 0 Å². The number of sulfonamides is 1. The highest BCUT2D eigenvalue weighted by molar-refractivity contribution is 7.92. The summed E-state index contributed by atoms with van der Waals surface area (Å²) in [6.07, 6.45) is 1.49. The number of carbonyl (C=O) groups is 2. The minimum absolute atomic E-state index is 0.0192. The molecule has 0 spiro atoms. The minimum Gasteiger partial charge on any atom is -0.455 e. The van der Waals surface area contributed by atoms with Gasteiger partial charge in [0.15, 0.2) is 5.75 Å². The molecule has 1 fully saturated rings. The van der Waals surface area contributed by atoms with Gasteiger partial charge in [0.1, 0.15) is 5.75 Å². The largest absolute Gasteiger partial charge is 0.455 e. The number of rotatable bonds is 8. The molecule has 0 bridgehead atoms. The lowest BCUT2D eigenvalue weighted by Gasteiger charge is -2.30. The summed E-state index contributed by atoms with van der Waals surface area (Å²) in [7, 11) is -3.95. The van der Waals surface area contributed by atoms with Gasteiger partial charge >= 0.3 is 0 Å². The van der Waals surface area contributed by atoms with Crippen molar-refractivity contribution >= 4 is 27.5 Å². The van der Waals surface area contributed by atoms with E-state index in [1.807, 2.05) is 18.2 Å². The highest BCUT2D eigenvalue weighted by Gasteiger charge is 2.21. The third-order valence-electron chi connectivity index (χ3n) is 5.82. The molecule has 0 saturated carbocycles. The summed E-state index contributed by atoms with van der Waals surface area (Å²) < 4.78 is 34.3. The van der Waals surface area contributed by atoms with E-state index in [1.165, 1.54) is 24.3 Å². The number of ether oxygens (including phenoxy) is 1. The molecule has 3 aromatic rings. The van der Waals surface area contributed by atoms with Gasteiger partial charge in [-0.2, -0.15) is 0 Å². The summed E-state index contributed by atoms with van der Waals surface area (Å²) in [4.78, 5) is 26.5. The van der Waals surface area contributed by atoms with Crippen LogP contribution in [0.2, 0.25) is 0 Å². The van der Waals surface area contributed by atoms with Gasteiger partial charge in [-0.05, 0) is 61.4 Å². The van der Waals surface area contributed by atoms with Gasteiger partial charge < -0.3 is 20.7 Å². The molecule has 0 radical (unpaired) electrons. The first-order valence-electron chi connectivity index (χ1n) is 11.6. The quantitative estimate of drug-likeness (QED) is 0.429. The molecule has 1 aliphatic rings. The molecule has 10 heteroatoms. The molecular weight excluding hydrogens is 480 g/mol. The molecule has 1 heterocycles. The highest BCUT2D eigenvalue weighted by atomic mass is 32.2. The Labute approximate surface area is 210 Å². The van der Waals surface area contributed by atoms with Crippen LogP contribution >= 0.6 is 0 Å². The lowest BCUT2D eigenvalue weighted by Crippen LogP contribution is -2.46. The summed E-state index contributed by atoms with van der Waals surface area (Å²) in [5, 5.41) is 2.59. The Bertz CT molecular complexity index is 1310. The summed E-state index contributed by atoms with van der Waals surface area (Å²) in [6, 6.07) is 21.3. The maximum atomic E-state index is 13.0. The van der Waals surface area contributed by atoms with Crippen LogP contribution < -0.4 is 20.5 Å². The number of benzene rings is 3. The van der Waals surface area contributed by atoms with Crippen LogP contribution in [0.25, 0.3) is 0 Å². The number of anilines is 1. The van der Waals surface area contributed by atoms with Crippen LogP contribution in [0.4, 0.5) is 5.69 Å². The van der Waals surface area contributed by atoms with Gasteiger partial charge in [0.2, 0.25) is 5.91 Å². The Hall–Kier alpha value is -3.89. The standard InChI is InChI=1S/C26H28N4O5S/c27-20-14-16-30(17-15-20)25(31)18-28-26(32)19-10-12-22(13-11-19)36(33,34)29-23-8-4-5-9-24(23)35-21-6-2-1-3-7-21/h1-13,20,29H,14-18,27H2,(H,28,32). The fourth-order valence-electron chi connectivity index (χ4n) is 3.76. The van der Waals surface area contributed by atoms with E-state index >= 15 is 0 Å². The zero-order chi connectivity index (χ0) is 25.5. The van der Waals surface area contributed by atoms with E-state index in [-0.39, 0.29) is 34.6 Å². The SMILES string of the molecule is NC1CCN(C(=O)CNC(=O)c2ccc(S(=O)(=O)Nc3ccccc3Oc3ccccc3)cc2)CC1. The van der Waals surface area contributed by atoms with Crippen LogP contribution in [0.5, 0.6) is 11.5 Å². The summed E-state index contributed by atoms with van der Waals surface area (Å²) in [6.45, 7) is 1.03. The third kappa shape index (κ3) is 6.41. The van der Waals surface area contributed by atoms with Crippen LogP contribution in [-0.2, 0) is 14.8 Å². The monoisotopic (exact) mass is 508 g/mol. The van der Waals surface area contributed by atoms with E-state index in [2.05, 4.69) is 10.0 Å². The Morgan fingerprint density at radius 2 is 1.56 bits per heavy atom. The number of para-hydroxylation sites is 3. The molecule has 1 aliphatic heterocycles. The maximum Gasteiger partial charge on any atom is 0.262 e. The smallest absolute Gasteiger partial charge is 0.262 e. The van der Waals surface area contributed by atoms with Gasteiger partial charge in [-0.1, -0.05) is 30.3 Å². The summed E-state index contributed by atoms with van der Waals surface area (Å²) in [5.41, 5.74) is 6.38. The second kappa shape index (κ2) is 11.2. The van der Waals surface area contributed by atoms with Crippen molar-refractivity contribution in [1.82, 2.24) is 10.2 Å². The van der Waals surface area contributed by atoms with Gasteiger partial charge in [0, 0.05) is 24.7 Å². The first-order valence-corrected chi connectivity index (χ1v) is 13.1. The highest BCUT2D eigenvalue weighted by Crippen LogP contribution is 2.30. The predicted molar refractivity (Wildman–Crippen MR) is 136 cm³/mol. The van der Waals surface area contributed by atoms with E-state index in [0.29, 0.717) is 24.6 Å². The van der Waals surface area contributed by atoms with Crippen molar-refractivity contribution in [2.45, 2.75) is 23.8 Å². The normalized spacial score (nSPS) is 14.2. The zero-order valence-corrected chi connectivity index (χ0v) is 20.4. The summed E-state index contributed by atoms with van der Waals surface area (Å²) >= 11 is 0. The number of nitrogens with zero attached hydrogens (tertiary/aromatic N) is 1. The first-order chi connectivity index (χ1) is 17.3. The fraction of sp³-hybridized carbons (Fsp3) is 0.231. The first kappa shape index (κ1) is 25.2. The van der Waals surface area contributed by atoms with Crippen molar-refractivity contribution in [1.29, 1.82) is 0 Å². The lowest BCUT2D eigenvalue weighted by molar-refractivity contribution is -0.131. The number of likely N-dealkylation sites (tertiary alicyclic amines) is 1. The molecule has 4 N–H and O–H groups in total. The molecule has 3 aromatic carbocycles. The van der Waals surface area contributed by atoms with Crippen LogP contribution in [0, 0.1) is 0 Å². The minimum atomic E-state index is -3.95. The molecule has 2 amide bonds. The number of piperidine rings is 1. The molecule has 0 aliphatic carbocycles. The Morgan fingerprint density at radius 1 is 0.917 bits per heavy atom. The van der Waals surface area contributed by atoms with Crippen molar-refractivity contribution in [3.8, 4) is 11.5 Å². The van der Waals surface area contributed by atoms with Crippen LogP contribution in [-0.4, -0.2) is 50.8 Å². The Morgan fingerprint density at radius 3 is 2.25 bits per heavy atom. The van der Waals surface area contributed by atoms with Crippen molar-refractivity contribution in [2.75, 3.05) is 24.4 Å². The second-order valence-electron chi connectivity index (χ2n) is 8.44. The van der Waals surface area contributed by atoms with Crippen molar-refractivity contribution in [3.05, 3.63) is 84.4 Å². The number of carbonyl (C=O) groups excluding carboxylic acids is 2. The molecule has 9 nitrogen and oxygen atoms in total. The molecule has 0 aromatic heterocycles. The maximum absolute atomic E-state index is 13.0. The van der Waals surface area contributed by atoms with Crippen molar-refractivity contribution < 1.29 is 22.7 Å². The molecule has 0 unspecified atom stereocenters. The molecule has 4 rings (SSSR count). The average molecular weight is 509 g/mol. The number of nitrogens with one attached hydrogen (secondary N) is 2. The van der Waals surface area contributed by atoms with Crippen molar-refractivity contribution in [2.24, 2.45) is 5.73 Å². The van der Waals surface area contributed by atoms with Gasteiger partial charge in [0.05, 0.1) is 17.1 Å². The Kier molecular flexibility index (Phi) is 7.87. The molecule has 0 atom stereocenters. The fourth-order valence-corrected chi connectivity index (χ4v) is 4.83. The topological polar surface area (TPSA) is 131 Å². The third-order valence-corrected chi connectivity index (χ3v) is 7.20. The zero-order valence-electron chi connectivity index (χ0n) is 19.6. The molecule has 36 heavy (non-hydrogen) atoms.